The molecule has 5 atom stereocenters. The van der Waals surface area contributed by atoms with E-state index in [1.807, 2.05) is 20.8 Å². The van der Waals surface area contributed by atoms with Crippen LogP contribution < -0.4 is 0 Å². The number of ether oxygens (including phenoxy) is 1. The van der Waals surface area contributed by atoms with E-state index in [1.54, 1.807) is 0 Å². The standard InChI is InChI=1S/C16H21NO3/c1-4-15(2,3)14(19)20-13-9-5-11-10(13)6-12(18)16(11,7-9)8-17/h9-11,13H,4-7H2,1-3H3. The quantitative estimate of drug-likeness (QED) is 0.742. The molecule has 108 valence electrons. The zero-order chi connectivity index (χ0) is 14.7. The first-order chi connectivity index (χ1) is 9.35. The number of Topliss-reactive ketones (excluding diaryl/α,β-unsaturated/α-hetero) is 1. The summed E-state index contributed by atoms with van der Waals surface area (Å²) in [6, 6.07) is 2.28. The van der Waals surface area contributed by atoms with Crippen LogP contribution in [-0.4, -0.2) is 17.9 Å². The third-order valence-electron chi connectivity index (χ3n) is 5.98. The minimum Gasteiger partial charge on any atom is -0.461 e. The van der Waals surface area contributed by atoms with Crippen molar-refractivity contribution < 1.29 is 14.3 Å². The van der Waals surface area contributed by atoms with Crippen LogP contribution in [0.5, 0.6) is 0 Å². The molecular formula is C16H21NO3. The predicted octanol–water partition coefficient (Wildman–Crippen LogP) is 2.47. The van der Waals surface area contributed by atoms with E-state index in [4.69, 9.17) is 4.74 Å². The van der Waals surface area contributed by atoms with Crippen LogP contribution in [0.2, 0.25) is 0 Å². The molecule has 0 saturated heterocycles. The highest BCUT2D eigenvalue weighted by molar-refractivity contribution is 5.91. The molecule has 3 fully saturated rings. The van der Waals surface area contributed by atoms with Crippen molar-refractivity contribution >= 4 is 11.8 Å². The number of carbonyl (C=O) groups is 2. The number of fused-ring (bicyclic) bond motifs is 1. The van der Waals surface area contributed by atoms with Crippen molar-refractivity contribution in [2.75, 3.05) is 0 Å². The molecule has 0 spiro atoms. The maximum absolute atomic E-state index is 12.3. The van der Waals surface area contributed by atoms with E-state index in [2.05, 4.69) is 6.07 Å². The highest BCUT2D eigenvalue weighted by Crippen LogP contribution is 2.65. The van der Waals surface area contributed by atoms with Crippen LogP contribution in [0.4, 0.5) is 0 Å². The van der Waals surface area contributed by atoms with Gasteiger partial charge in [-0.25, -0.2) is 0 Å². The van der Waals surface area contributed by atoms with E-state index in [9.17, 15) is 14.9 Å². The Morgan fingerprint density at radius 3 is 2.85 bits per heavy atom. The van der Waals surface area contributed by atoms with Gasteiger partial charge in [-0.2, -0.15) is 5.26 Å². The van der Waals surface area contributed by atoms with Gasteiger partial charge in [-0.15, -0.1) is 0 Å². The Labute approximate surface area is 119 Å². The molecule has 0 radical (unpaired) electrons. The lowest BCUT2D eigenvalue weighted by atomic mass is 9.74. The molecule has 0 N–H and O–H groups in total. The van der Waals surface area contributed by atoms with Crippen LogP contribution in [0.15, 0.2) is 0 Å². The minimum atomic E-state index is -0.751. The fourth-order valence-corrected chi connectivity index (χ4v) is 4.32. The van der Waals surface area contributed by atoms with Crippen molar-refractivity contribution in [1.82, 2.24) is 0 Å². The van der Waals surface area contributed by atoms with Gasteiger partial charge in [-0.1, -0.05) is 6.92 Å². The Bertz CT molecular complexity index is 518. The molecule has 3 aliphatic carbocycles. The highest BCUT2D eigenvalue weighted by atomic mass is 16.5. The van der Waals surface area contributed by atoms with Crippen LogP contribution in [0.1, 0.15) is 46.5 Å². The monoisotopic (exact) mass is 275 g/mol. The fourth-order valence-electron chi connectivity index (χ4n) is 4.32. The van der Waals surface area contributed by atoms with Crippen molar-refractivity contribution in [3.05, 3.63) is 0 Å². The van der Waals surface area contributed by atoms with Gasteiger partial charge in [0.25, 0.3) is 0 Å². The van der Waals surface area contributed by atoms with E-state index in [1.165, 1.54) is 0 Å². The third kappa shape index (κ3) is 1.52. The number of carbonyl (C=O) groups excluding carboxylic acids is 2. The first-order valence-electron chi connectivity index (χ1n) is 7.51. The average Bonchev–Trinajstić information content (AvgIpc) is 3.00. The summed E-state index contributed by atoms with van der Waals surface area (Å²) in [5, 5.41) is 9.39. The van der Waals surface area contributed by atoms with Gasteiger partial charge in [-0.05, 0) is 44.9 Å². The molecule has 0 aliphatic heterocycles. The maximum atomic E-state index is 12.3. The largest absolute Gasteiger partial charge is 0.461 e. The van der Waals surface area contributed by atoms with Crippen molar-refractivity contribution in [2.45, 2.75) is 52.6 Å². The van der Waals surface area contributed by atoms with E-state index in [-0.39, 0.29) is 35.6 Å². The summed E-state index contributed by atoms with van der Waals surface area (Å²) in [6.45, 7) is 5.76. The first kappa shape index (κ1) is 13.6. The van der Waals surface area contributed by atoms with Crippen molar-refractivity contribution in [2.24, 2.45) is 28.6 Å². The molecule has 5 unspecified atom stereocenters. The molecule has 2 bridgehead atoms. The molecule has 0 aromatic heterocycles. The molecule has 3 aliphatic rings. The topological polar surface area (TPSA) is 67.2 Å². The Morgan fingerprint density at radius 2 is 2.25 bits per heavy atom. The second-order valence-electron chi connectivity index (χ2n) is 7.29. The summed E-state index contributed by atoms with van der Waals surface area (Å²) in [4.78, 5) is 24.4. The molecule has 0 amide bonds. The van der Waals surface area contributed by atoms with Gasteiger partial charge in [0.2, 0.25) is 0 Å². The van der Waals surface area contributed by atoms with Crippen LogP contribution >= 0.6 is 0 Å². The molecule has 20 heavy (non-hydrogen) atoms. The first-order valence-corrected chi connectivity index (χ1v) is 7.51. The number of hydrogen-bond donors (Lipinski definition) is 0. The van der Waals surface area contributed by atoms with Gasteiger partial charge >= 0.3 is 5.97 Å². The highest BCUT2D eigenvalue weighted by Gasteiger charge is 2.69. The van der Waals surface area contributed by atoms with Crippen LogP contribution in [-0.2, 0) is 14.3 Å². The number of nitriles is 1. The SMILES string of the molecule is CCC(C)(C)C(=O)OC1C2CC3C1CC(=O)C3(C#N)C2. The average molecular weight is 275 g/mol. The zero-order valence-electron chi connectivity index (χ0n) is 12.3. The second-order valence-corrected chi connectivity index (χ2v) is 7.29. The normalized spacial score (nSPS) is 41.8. The summed E-state index contributed by atoms with van der Waals surface area (Å²) in [5.41, 5.74) is -1.23. The Kier molecular flexibility index (Phi) is 2.77. The smallest absolute Gasteiger partial charge is 0.311 e. The van der Waals surface area contributed by atoms with Gasteiger partial charge in [-0.3, -0.25) is 9.59 Å². The lowest BCUT2D eigenvalue weighted by molar-refractivity contribution is -0.165. The summed E-state index contributed by atoms with van der Waals surface area (Å²) in [5.74, 6) is 0.308. The van der Waals surface area contributed by atoms with Gasteiger partial charge in [0.05, 0.1) is 11.5 Å². The van der Waals surface area contributed by atoms with Crippen LogP contribution in [0.3, 0.4) is 0 Å². The Morgan fingerprint density at radius 1 is 1.55 bits per heavy atom. The Hall–Kier alpha value is -1.37. The number of nitrogens with zero attached hydrogens (tertiary/aromatic N) is 1. The summed E-state index contributed by atoms with van der Waals surface area (Å²) in [6.07, 6.45) is 2.46. The van der Waals surface area contributed by atoms with E-state index in [0.29, 0.717) is 12.8 Å². The van der Waals surface area contributed by atoms with Gasteiger partial charge in [0.15, 0.2) is 5.78 Å². The molecule has 0 aromatic rings. The summed E-state index contributed by atoms with van der Waals surface area (Å²) < 4.78 is 5.77. The lowest BCUT2D eigenvalue weighted by Crippen LogP contribution is -2.39. The number of ketones is 1. The lowest BCUT2D eigenvalue weighted by Gasteiger charge is -2.33. The molecule has 3 saturated carbocycles. The van der Waals surface area contributed by atoms with Gasteiger partial charge < -0.3 is 4.74 Å². The number of rotatable bonds is 3. The van der Waals surface area contributed by atoms with Crippen LogP contribution in [0.25, 0.3) is 0 Å². The molecule has 4 heteroatoms. The van der Waals surface area contributed by atoms with Gasteiger partial charge in [0, 0.05) is 12.3 Å². The molecule has 3 rings (SSSR count). The predicted molar refractivity (Wildman–Crippen MR) is 71.3 cm³/mol. The fraction of sp³-hybridized carbons (Fsp3) is 0.812. The van der Waals surface area contributed by atoms with Gasteiger partial charge in [0.1, 0.15) is 11.5 Å². The van der Waals surface area contributed by atoms with Crippen LogP contribution in [0, 0.1) is 39.9 Å². The minimum absolute atomic E-state index is 0.0748. The number of esters is 1. The third-order valence-corrected chi connectivity index (χ3v) is 5.98. The summed E-state index contributed by atoms with van der Waals surface area (Å²) in [7, 11) is 0. The van der Waals surface area contributed by atoms with Crippen molar-refractivity contribution in [1.29, 1.82) is 5.26 Å². The van der Waals surface area contributed by atoms with E-state index < -0.39 is 10.8 Å². The maximum Gasteiger partial charge on any atom is 0.311 e. The van der Waals surface area contributed by atoms with E-state index in [0.717, 1.165) is 12.8 Å². The molecule has 0 aromatic carbocycles. The second kappa shape index (κ2) is 4.07. The van der Waals surface area contributed by atoms with Crippen molar-refractivity contribution in [3.63, 3.8) is 0 Å². The number of hydrogen-bond acceptors (Lipinski definition) is 4. The molecule has 0 heterocycles. The van der Waals surface area contributed by atoms with E-state index >= 15 is 0 Å². The molecular weight excluding hydrogens is 254 g/mol. The van der Waals surface area contributed by atoms with Crippen molar-refractivity contribution in [3.8, 4) is 6.07 Å². The molecule has 4 nitrogen and oxygen atoms in total. The zero-order valence-corrected chi connectivity index (χ0v) is 12.3. The Balaban J connectivity index is 1.80. The summed E-state index contributed by atoms with van der Waals surface area (Å²) >= 11 is 0.